The molecule has 0 bridgehead atoms. The molecule has 3 amide bonds. The lowest BCUT2D eigenvalue weighted by atomic mass is 10.1. The minimum atomic E-state index is -2.74. The summed E-state index contributed by atoms with van der Waals surface area (Å²) in [6, 6.07) is 4.99. The number of fused-ring (bicyclic) bond motifs is 1. The predicted molar refractivity (Wildman–Crippen MR) is 91.1 cm³/mol. The highest BCUT2D eigenvalue weighted by Crippen LogP contribution is 2.24. The van der Waals surface area contributed by atoms with Gasteiger partial charge < -0.3 is 4.90 Å². The second kappa shape index (κ2) is 7.26. The van der Waals surface area contributed by atoms with Crippen LogP contribution in [0.5, 0.6) is 0 Å². The fourth-order valence-corrected chi connectivity index (χ4v) is 2.95. The Hall–Kier alpha value is -3.10. The molecule has 0 unspecified atom stereocenters. The zero-order valence-electron chi connectivity index (χ0n) is 14.9. The number of carbonyl (C=O) groups excluding carboxylic acids is 3. The predicted octanol–water partition coefficient (Wildman–Crippen LogP) is 2.23. The number of imide groups is 1. The van der Waals surface area contributed by atoms with Crippen LogP contribution in [0.3, 0.4) is 0 Å². The third-order valence-corrected chi connectivity index (χ3v) is 4.44. The van der Waals surface area contributed by atoms with Gasteiger partial charge in [-0.15, -0.1) is 0 Å². The van der Waals surface area contributed by atoms with Gasteiger partial charge in [-0.05, 0) is 19.1 Å². The second-order valence-corrected chi connectivity index (χ2v) is 6.34. The van der Waals surface area contributed by atoms with Crippen LogP contribution >= 0.6 is 0 Å². The van der Waals surface area contributed by atoms with E-state index in [1.807, 2.05) is 6.92 Å². The zero-order valence-corrected chi connectivity index (χ0v) is 14.9. The van der Waals surface area contributed by atoms with Gasteiger partial charge in [0, 0.05) is 32.4 Å². The summed E-state index contributed by atoms with van der Waals surface area (Å²) in [5.41, 5.74) is 1.52. The van der Waals surface area contributed by atoms with Gasteiger partial charge in [-0.25, -0.2) is 4.98 Å². The summed E-state index contributed by atoms with van der Waals surface area (Å²) in [5, 5.41) is 0. The van der Waals surface area contributed by atoms with Crippen molar-refractivity contribution in [3.8, 4) is 0 Å². The minimum Gasteiger partial charge on any atom is -0.338 e. The maximum atomic E-state index is 12.8. The molecule has 0 fully saturated rings. The van der Waals surface area contributed by atoms with Gasteiger partial charge in [-0.2, -0.15) is 8.78 Å². The van der Waals surface area contributed by atoms with Crippen molar-refractivity contribution in [1.82, 2.24) is 19.4 Å². The van der Waals surface area contributed by atoms with E-state index in [1.165, 1.54) is 18.1 Å². The molecule has 9 heteroatoms. The van der Waals surface area contributed by atoms with Gasteiger partial charge in [0.15, 0.2) is 0 Å². The molecular formula is C18H18F2N4O3. The van der Waals surface area contributed by atoms with Crippen molar-refractivity contribution in [3.05, 3.63) is 53.1 Å². The number of halogens is 2. The van der Waals surface area contributed by atoms with Crippen LogP contribution in [0.15, 0.2) is 30.6 Å². The van der Waals surface area contributed by atoms with E-state index in [-0.39, 0.29) is 31.2 Å². The molecule has 27 heavy (non-hydrogen) atoms. The molecule has 1 aromatic heterocycles. The van der Waals surface area contributed by atoms with Gasteiger partial charge in [0.25, 0.3) is 11.8 Å². The Balaban J connectivity index is 1.61. The molecular weight excluding hydrogens is 358 g/mol. The Morgan fingerprint density at radius 2 is 1.93 bits per heavy atom. The Kier molecular flexibility index (Phi) is 5.02. The highest BCUT2D eigenvalue weighted by atomic mass is 19.3. The number of imidazole rings is 1. The minimum absolute atomic E-state index is 0.0528. The molecule has 0 spiro atoms. The van der Waals surface area contributed by atoms with Gasteiger partial charge in [0.2, 0.25) is 5.91 Å². The molecule has 0 N–H and O–H groups in total. The normalized spacial score (nSPS) is 13.4. The van der Waals surface area contributed by atoms with E-state index >= 15 is 0 Å². The monoisotopic (exact) mass is 376 g/mol. The van der Waals surface area contributed by atoms with Crippen molar-refractivity contribution in [2.75, 3.05) is 13.6 Å². The van der Waals surface area contributed by atoms with Crippen molar-refractivity contribution >= 4 is 17.7 Å². The number of hydrogen-bond acceptors (Lipinski definition) is 4. The van der Waals surface area contributed by atoms with E-state index in [9.17, 15) is 23.2 Å². The van der Waals surface area contributed by atoms with E-state index in [4.69, 9.17) is 0 Å². The second-order valence-electron chi connectivity index (χ2n) is 6.34. The number of rotatable bonds is 6. The van der Waals surface area contributed by atoms with Crippen LogP contribution in [0.25, 0.3) is 0 Å². The van der Waals surface area contributed by atoms with Crippen LogP contribution in [0.1, 0.15) is 45.1 Å². The van der Waals surface area contributed by atoms with Crippen molar-refractivity contribution in [1.29, 1.82) is 0 Å². The largest absolute Gasteiger partial charge is 0.338 e. The topological polar surface area (TPSA) is 75.5 Å². The summed E-state index contributed by atoms with van der Waals surface area (Å²) in [6.07, 6.45) is 2.27. The lowest BCUT2D eigenvalue weighted by molar-refractivity contribution is -0.130. The van der Waals surface area contributed by atoms with Crippen LogP contribution in [0.2, 0.25) is 0 Å². The van der Waals surface area contributed by atoms with Crippen molar-refractivity contribution in [2.45, 2.75) is 26.4 Å². The first-order chi connectivity index (χ1) is 12.8. The lowest BCUT2D eigenvalue weighted by Gasteiger charge is -2.19. The molecule has 3 rings (SSSR count). The van der Waals surface area contributed by atoms with Gasteiger partial charge in [-0.1, -0.05) is 11.6 Å². The van der Waals surface area contributed by atoms with Gasteiger partial charge in [-0.3, -0.25) is 23.9 Å². The van der Waals surface area contributed by atoms with Crippen LogP contribution < -0.4 is 0 Å². The fourth-order valence-electron chi connectivity index (χ4n) is 2.95. The van der Waals surface area contributed by atoms with Crippen molar-refractivity contribution < 1.29 is 23.2 Å². The number of aromatic nitrogens is 2. The summed E-state index contributed by atoms with van der Waals surface area (Å²) in [6.45, 7) is -1.09. The van der Waals surface area contributed by atoms with Crippen LogP contribution in [0.4, 0.5) is 8.78 Å². The average Bonchev–Trinajstić information content (AvgIpc) is 3.17. The smallest absolute Gasteiger partial charge is 0.319 e. The first-order valence-electron chi connectivity index (χ1n) is 8.30. The van der Waals surface area contributed by atoms with E-state index in [1.54, 1.807) is 18.2 Å². The number of alkyl halides is 2. The molecule has 142 valence electrons. The summed E-state index contributed by atoms with van der Waals surface area (Å²) < 4.78 is 26.4. The van der Waals surface area contributed by atoms with E-state index in [0.717, 1.165) is 16.7 Å². The Morgan fingerprint density at radius 3 is 2.63 bits per heavy atom. The van der Waals surface area contributed by atoms with Crippen molar-refractivity contribution in [2.24, 2.45) is 0 Å². The number of carbonyl (C=O) groups is 3. The Morgan fingerprint density at radius 1 is 1.22 bits per heavy atom. The molecule has 1 aliphatic heterocycles. The molecule has 0 saturated carbocycles. The average molecular weight is 376 g/mol. The molecule has 2 heterocycles. The molecule has 2 aromatic rings. The van der Waals surface area contributed by atoms with Crippen LogP contribution in [0, 0.1) is 6.92 Å². The third-order valence-electron chi connectivity index (χ3n) is 4.44. The Labute approximate surface area is 154 Å². The van der Waals surface area contributed by atoms with Crippen LogP contribution in [-0.4, -0.2) is 50.7 Å². The number of hydrogen-bond donors (Lipinski definition) is 0. The summed E-state index contributed by atoms with van der Waals surface area (Å²) in [7, 11) is 1.46. The molecule has 0 aliphatic carbocycles. The van der Waals surface area contributed by atoms with Gasteiger partial charge in [0.1, 0.15) is 5.82 Å². The summed E-state index contributed by atoms with van der Waals surface area (Å²) in [5.74, 6) is -1.19. The standard InChI is InChI=1S/C18H18F2N4O3/c1-11-3-4-12-13(9-11)17(27)24(16(12)26)7-5-15(25)22(2)10-14-21-6-8-23(14)18(19)20/h3-4,6,8-9,18H,5,7,10H2,1-2H3. The highest BCUT2D eigenvalue weighted by molar-refractivity contribution is 6.21. The SMILES string of the molecule is Cc1ccc2c(c1)C(=O)N(CCC(=O)N(C)Cc1nccn1C(F)F)C2=O. The summed E-state index contributed by atoms with van der Waals surface area (Å²) in [4.78, 5) is 43.2. The quantitative estimate of drug-likeness (QED) is 0.725. The molecule has 0 radical (unpaired) electrons. The van der Waals surface area contributed by atoms with E-state index in [2.05, 4.69) is 4.98 Å². The summed E-state index contributed by atoms with van der Waals surface area (Å²) >= 11 is 0. The lowest BCUT2D eigenvalue weighted by Crippen LogP contribution is -2.35. The number of amides is 3. The third kappa shape index (κ3) is 3.57. The zero-order chi connectivity index (χ0) is 19.7. The molecule has 0 atom stereocenters. The Bertz CT molecular complexity index is 910. The number of benzene rings is 1. The maximum absolute atomic E-state index is 12.8. The fraction of sp³-hybridized carbons (Fsp3) is 0.333. The molecule has 1 aromatic carbocycles. The number of aryl methyl sites for hydroxylation is 1. The maximum Gasteiger partial charge on any atom is 0.319 e. The number of nitrogens with zero attached hydrogens (tertiary/aromatic N) is 4. The van der Waals surface area contributed by atoms with Gasteiger partial charge in [0.05, 0.1) is 17.7 Å². The molecule has 1 aliphatic rings. The first-order valence-corrected chi connectivity index (χ1v) is 8.30. The van der Waals surface area contributed by atoms with Crippen molar-refractivity contribution in [3.63, 3.8) is 0 Å². The van der Waals surface area contributed by atoms with Gasteiger partial charge >= 0.3 is 6.55 Å². The highest BCUT2D eigenvalue weighted by Gasteiger charge is 2.35. The van der Waals surface area contributed by atoms with E-state index in [0.29, 0.717) is 15.7 Å². The molecule has 7 nitrogen and oxygen atoms in total. The van der Waals surface area contributed by atoms with E-state index < -0.39 is 18.4 Å². The first kappa shape index (κ1) is 18.7. The molecule has 0 saturated heterocycles. The van der Waals surface area contributed by atoms with Crippen LogP contribution in [-0.2, 0) is 11.3 Å².